The zero-order valence-electron chi connectivity index (χ0n) is 19.4. The van der Waals surface area contributed by atoms with Crippen molar-refractivity contribution in [1.82, 2.24) is 0 Å². The molecule has 3 aromatic carbocycles. The summed E-state index contributed by atoms with van der Waals surface area (Å²) < 4.78 is 57.5. The Bertz CT molecular complexity index is 1400. The van der Waals surface area contributed by atoms with Crippen molar-refractivity contribution in [2.45, 2.75) is 4.90 Å². The van der Waals surface area contributed by atoms with Crippen LogP contribution in [0.15, 0.2) is 65.6 Å². The second kappa shape index (κ2) is 11.3. The molecular weight excluding hydrogens is 515 g/mol. The van der Waals surface area contributed by atoms with Crippen LogP contribution in [0.3, 0.4) is 0 Å². The first-order chi connectivity index (χ1) is 17.1. The third kappa shape index (κ3) is 5.69. The molecule has 0 aromatic heterocycles. The fourth-order valence-corrected chi connectivity index (χ4v) is 4.90. The van der Waals surface area contributed by atoms with Gasteiger partial charge in [-0.3, -0.25) is 9.10 Å². The third-order valence-corrected chi connectivity index (χ3v) is 7.09. The number of hydrogen-bond donors (Lipinski definition) is 1. The molecule has 0 unspecified atom stereocenters. The van der Waals surface area contributed by atoms with Crippen molar-refractivity contribution in [2.75, 3.05) is 37.5 Å². The number of esters is 1. The highest BCUT2D eigenvalue weighted by atomic mass is 35.5. The van der Waals surface area contributed by atoms with E-state index in [1.54, 1.807) is 0 Å². The summed E-state index contributed by atoms with van der Waals surface area (Å²) in [4.78, 5) is 24.5. The van der Waals surface area contributed by atoms with Crippen LogP contribution in [0.1, 0.15) is 10.4 Å². The summed E-state index contributed by atoms with van der Waals surface area (Å²) in [5, 5.41) is 2.59. The van der Waals surface area contributed by atoms with E-state index in [9.17, 15) is 22.4 Å². The molecule has 190 valence electrons. The minimum absolute atomic E-state index is 0.000811. The lowest BCUT2D eigenvalue weighted by Gasteiger charge is -2.25. The molecule has 0 saturated heterocycles. The minimum atomic E-state index is -4.45. The van der Waals surface area contributed by atoms with Crippen molar-refractivity contribution in [3.05, 3.63) is 77.1 Å². The van der Waals surface area contributed by atoms with Crippen molar-refractivity contribution in [1.29, 1.82) is 0 Å². The van der Waals surface area contributed by atoms with Crippen LogP contribution in [0.4, 0.5) is 15.8 Å². The highest BCUT2D eigenvalue weighted by Gasteiger charge is 2.30. The van der Waals surface area contributed by atoms with E-state index < -0.39 is 34.3 Å². The Kier molecular flexibility index (Phi) is 8.38. The number of amides is 1. The van der Waals surface area contributed by atoms with Gasteiger partial charge in [0.15, 0.2) is 11.5 Å². The predicted octanol–water partition coefficient (Wildman–Crippen LogP) is 4.12. The molecule has 3 rings (SSSR count). The van der Waals surface area contributed by atoms with Gasteiger partial charge in [0.1, 0.15) is 12.4 Å². The number of hydrogen-bond acceptors (Lipinski definition) is 7. The zero-order chi connectivity index (χ0) is 26.5. The van der Waals surface area contributed by atoms with Crippen LogP contribution >= 0.6 is 11.6 Å². The number of nitrogens with one attached hydrogen (secondary N) is 1. The summed E-state index contributed by atoms with van der Waals surface area (Å²) in [5.41, 5.74) is -0.184. The Balaban J connectivity index is 1.99. The van der Waals surface area contributed by atoms with Crippen molar-refractivity contribution in [2.24, 2.45) is 0 Å². The second-order valence-electron chi connectivity index (χ2n) is 7.21. The van der Waals surface area contributed by atoms with E-state index in [1.165, 1.54) is 75.9 Å². The summed E-state index contributed by atoms with van der Waals surface area (Å²) in [6.07, 6.45) is 0. The minimum Gasteiger partial charge on any atom is -0.493 e. The van der Waals surface area contributed by atoms with Gasteiger partial charge in [-0.1, -0.05) is 23.7 Å². The highest BCUT2D eigenvalue weighted by molar-refractivity contribution is 7.92. The van der Waals surface area contributed by atoms with Gasteiger partial charge in [0.25, 0.3) is 10.0 Å². The van der Waals surface area contributed by atoms with E-state index in [2.05, 4.69) is 10.1 Å². The van der Waals surface area contributed by atoms with E-state index >= 15 is 0 Å². The van der Waals surface area contributed by atoms with Crippen molar-refractivity contribution in [3.63, 3.8) is 0 Å². The van der Waals surface area contributed by atoms with Crippen LogP contribution in [0.25, 0.3) is 0 Å². The average Bonchev–Trinajstić information content (AvgIpc) is 2.87. The van der Waals surface area contributed by atoms with Gasteiger partial charge in [-0.2, -0.15) is 0 Å². The maximum absolute atomic E-state index is 14.7. The maximum Gasteiger partial charge on any atom is 0.339 e. The summed E-state index contributed by atoms with van der Waals surface area (Å²) in [5.74, 6) is -1.96. The molecule has 1 N–H and O–H groups in total. The number of para-hydroxylation sites is 1. The first-order valence-corrected chi connectivity index (χ1v) is 12.1. The Morgan fingerprint density at radius 1 is 0.972 bits per heavy atom. The summed E-state index contributed by atoms with van der Waals surface area (Å²) in [7, 11) is -0.545. The van der Waals surface area contributed by atoms with Crippen LogP contribution in [0.5, 0.6) is 11.5 Å². The quantitative estimate of drug-likeness (QED) is 0.409. The monoisotopic (exact) mass is 536 g/mol. The van der Waals surface area contributed by atoms with E-state index in [1.807, 2.05) is 0 Å². The number of benzene rings is 3. The maximum atomic E-state index is 14.7. The van der Waals surface area contributed by atoms with Crippen molar-refractivity contribution in [3.8, 4) is 11.5 Å². The van der Waals surface area contributed by atoms with Crippen molar-refractivity contribution >= 4 is 44.9 Å². The summed E-state index contributed by atoms with van der Waals surface area (Å²) in [6.45, 7) is -0.784. The van der Waals surface area contributed by atoms with Crippen LogP contribution in [-0.4, -0.2) is 48.2 Å². The predicted molar refractivity (Wildman–Crippen MR) is 132 cm³/mol. The van der Waals surface area contributed by atoms with Gasteiger partial charge < -0.3 is 19.5 Å². The van der Waals surface area contributed by atoms with Crippen LogP contribution in [0, 0.1) is 5.82 Å². The van der Waals surface area contributed by atoms with Gasteiger partial charge in [0.2, 0.25) is 5.91 Å². The number of halogens is 2. The van der Waals surface area contributed by atoms with Gasteiger partial charge in [-0.15, -0.1) is 0 Å². The molecule has 0 bridgehead atoms. The molecule has 0 aliphatic carbocycles. The third-order valence-electron chi connectivity index (χ3n) is 5.01. The Hall–Kier alpha value is -3.83. The summed E-state index contributed by atoms with van der Waals surface area (Å²) >= 11 is 6.00. The molecule has 3 aromatic rings. The Labute approximate surface area is 212 Å². The number of sulfonamides is 1. The lowest BCUT2D eigenvalue weighted by Crippen LogP contribution is -2.38. The number of carbonyl (C=O) groups excluding carboxylic acids is 2. The topological polar surface area (TPSA) is 111 Å². The highest BCUT2D eigenvalue weighted by Crippen LogP contribution is 2.33. The fourth-order valence-electron chi connectivity index (χ4n) is 3.26. The molecule has 0 fully saturated rings. The molecule has 0 aliphatic rings. The van der Waals surface area contributed by atoms with Crippen LogP contribution < -0.4 is 19.1 Å². The molecule has 0 saturated carbocycles. The van der Waals surface area contributed by atoms with Gasteiger partial charge in [-0.25, -0.2) is 17.6 Å². The number of carbonyl (C=O) groups is 2. The first-order valence-electron chi connectivity index (χ1n) is 10.3. The van der Waals surface area contributed by atoms with Crippen molar-refractivity contribution < 1.29 is 36.6 Å². The molecule has 12 heteroatoms. The normalized spacial score (nSPS) is 10.9. The second-order valence-corrected chi connectivity index (χ2v) is 9.48. The molecule has 0 atom stereocenters. The lowest BCUT2D eigenvalue weighted by atomic mass is 10.2. The van der Waals surface area contributed by atoms with Crippen LogP contribution in [-0.2, 0) is 19.6 Å². The zero-order valence-corrected chi connectivity index (χ0v) is 21.0. The van der Waals surface area contributed by atoms with Gasteiger partial charge >= 0.3 is 5.97 Å². The van der Waals surface area contributed by atoms with E-state index in [4.69, 9.17) is 21.1 Å². The Morgan fingerprint density at radius 2 is 1.67 bits per heavy atom. The van der Waals surface area contributed by atoms with Gasteiger partial charge in [0, 0.05) is 11.8 Å². The number of nitrogens with zero attached hydrogens (tertiary/aromatic N) is 1. The van der Waals surface area contributed by atoms with E-state index in [0.29, 0.717) is 4.31 Å². The molecule has 1 amide bonds. The SMILES string of the molecule is COC(=O)c1cc(NC(=O)CN(c2ccccc2F)S(=O)(=O)c2ccc(OC)c(OC)c2)ccc1Cl. The number of rotatable bonds is 9. The van der Waals surface area contributed by atoms with E-state index in [0.717, 1.165) is 6.07 Å². The smallest absolute Gasteiger partial charge is 0.339 e. The van der Waals surface area contributed by atoms with E-state index in [-0.39, 0.29) is 38.4 Å². The summed E-state index contributed by atoms with van der Waals surface area (Å²) in [6, 6.07) is 13.1. The van der Waals surface area contributed by atoms with Crippen LogP contribution in [0.2, 0.25) is 5.02 Å². The molecular formula is C24H22ClFN2O7S. The van der Waals surface area contributed by atoms with Gasteiger partial charge in [0.05, 0.1) is 42.5 Å². The molecule has 0 spiro atoms. The number of anilines is 2. The standard InChI is InChI=1S/C24H22ClFN2O7S/c1-33-21-11-9-16(13-22(21)34-2)36(31,32)28(20-7-5-4-6-19(20)26)14-23(29)27-15-8-10-18(25)17(12-15)24(30)35-3/h4-13H,14H2,1-3H3,(H,27,29). The molecule has 0 radical (unpaired) electrons. The first kappa shape index (κ1) is 26.8. The molecule has 0 heterocycles. The lowest BCUT2D eigenvalue weighted by molar-refractivity contribution is -0.114. The molecule has 9 nitrogen and oxygen atoms in total. The Morgan fingerprint density at radius 3 is 2.31 bits per heavy atom. The average molecular weight is 537 g/mol. The fraction of sp³-hybridized carbons (Fsp3) is 0.167. The van der Waals surface area contributed by atoms with Gasteiger partial charge in [-0.05, 0) is 42.5 Å². The number of ether oxygens (including phenoxy) is 3. The number of methoxy groups -OCH3 is 3. The molecule has 0 aliphatic heterocycles. The largest absolute Gasteiger partial charge is 0.493 e. The molecule has 36 heavy (non-hydrogen) atoms.